The van der Waals surface area contributed by atoms with Gasteiger partial charge in [-0.2, -0.15) is 13.2 Å². The van der Waals surface area contributed by atoms with Crippen LogP contribution in [0.2, 0.25) is 0 Å². The van der Waals surface area contributed by atoms with Crippen LogP contribution in [0.15, 0.2) is 42.5 Å². The van der Waals surface area contributed by atoms with Crippen LogP contribution in [0.3, 0.4) is 0 Å². The number of hydrogen-bond donors (Lipinski definition) is 1. The van der Waals surface area contributed by atoms with Gasteiger partial charge in [-0.05, 0) is 37.3 Å². The molecule has 0 aliphatic carbocycles. The molecule has 4 nitrogen and oxygen atoms in total. The SMILES string of the molecule is CCN(CC(=O)Nc1ccccc1C(F)(F)F)C(=O)c1ccc(F)c(F)c1. The van der Waals surface area contributed by atoms with Gasteiger partial charge >= 0.3 is 6.18 Å². The largest absolute Gasteiger partial charge is 0.418 e. The number of para-hydroxylation sites is 1. The van der Waals surface area contributed by atoms with Crippen molar-refractivity contribution in [2.45, 2.75) is 13.1 Å². The first-order valence-corrected chi connectivity index (χ1v) is 7.84. The van der Waals surface area contributed by atoms with Crippen molar-refractivity contribution in [3.8, 4) is 0 Å². The summed E-state index contributed by atoms with van der Waals surface area (Å²) in [4.78, 5) is 25.4. The number of carbonyl (C=O) groups excluding carboxylic acids is 2. The molecule has 1 N–H and O–H groups in total. The van der Waals surface area contributed by atoms with Crippen molar-refractivity contribution in [1.29, 1.82) is 0 Å². The Hall–Kier alpha value is -2.97. The van der Waals surface area contributed by atoms with Gasteiger partial charge < -0.3 is 10.2 Å². The third-order valence-electron chi connectivity index (χ3n) is 3.68. The molecule has 0 aliphatic rings. The predicted molar refractivity (Wildman–Crippen MR) is 88.0 cm³/mol. The third kappa shape index (κ3) is 5.02. The van der Waals surface area contributed by atoms with E-state index in [1.807, 2.05) is 0 Å². The maximum Gasteiger partial charge on any atom is 0.418 e. The summed E-state index contributed by atoms with van der Waals surface area (Å²) in [7, 11) is 0. The minimum absolute atomic E-state index is 0.0339. The summed E-state index contributed by atoms with van der Waals surface area (Å²) in [5.74, 6) is -3.96. The number of benzene rings is 2. The zero-order chi connectivity index (χ0) is 20.2. The normalized spacial score (nSPS) is 11.2. The number of amides is 2. The molecule has 0 aromatic heterocycles. The summed E-state index contributed by atoms with van der Waals surface area (Å²) in [5.41, 5.74) is -1.64. The van der Waals surface area contributed by atoms with Crippen molar-refractivity contribution in [2.24, 2.45) is 0 Å². The minimum Gasteiger partial charge on any atom is -0.330 e. The Kier molecular flexibility index (Phi) is 6.14. The van der Waals surface area contributed by atoms with Gasteiger partial charge in [0.15, 0.2) is 11.6 Å². The van der Waals surface area contributed by atoms with Crippen molar-refractivity contribution in [3.05, 3.63) is 65.2 Å². The minimum atomic E-state index is -4.66. The molecule has 27 heavy (non-hydrogen) atoms. The van der Waals surface area contributed by atoms with E-state index in [9.17, 15) is 31.5 Å². The van der Waals surface area contributed by atoms with E-state index in [0.717, 1.165) is 29.2 Å². The Labute approximate surface area is 151 Å². The Balaban J connectivity index is 2.14. The summed E-state index contributed by atoms with van der Waals surface area (Å²) in [6.45, 7) is 1.02. The van der Waals surface area contributed by atoms with Gasteiger partial charge in [0, 0.05) is 12.1 Å². The molecule has 2 aromatic carbocycles. The summed E-state index contributed by atoms with van der Waals surface area (Å²) in [5, 5.41) is 2.12. The lowest BCUT2D eigenvalue weighted by molar-refractivity contribution is -0.137. The number of carbonyl (C=O) groups is 2. The topological polar surface area (TPSA) is 49.4 Å². The Bertz CT molecular complexity index is 852. The number of alkyl halides is 3. The molecule has 2 aromatic rings. The van der Waals surface area contributed by atoms with Gasteiger partial charge in [0.25, 0.3) is 5.91 Å². The summed E-state index contributed by atoms with van der Waals surface area (Å²) >= 11 is 0. The molecule has 144 valence electrons. The Morgan fingerprint density at radius 3 is 2.30 bits per heavy atom. The van der Waals surface area contributed by atoms with E-state index in [0.29, 0.717) is 6.07 Å². The number of likely N-dealkylation sites (N-methyl/N-ethyl adjacent to an activating group) is 1. The smallest absolute Gasteiger partial charge is 0.330 e. The number of halogens is 5. The maximum atomic E-state index is 13.3. The first-order valence-electron chi connectivity index (χ1n) is 7.84. The highest BCUT2D eigenvalue weighted by molar-refractivity contribution is 5.99. The lowest BCUT2D eigenvalue weighted by Crippen LogP contribution is -2.38. The van der Waals surface area contributed by atoms with Crippen LogP contribution in [0.5, 0.6) is 0 Å². The van der Waals surface area contributed by atoms with Gasteiger partial charge in [-0.3, -0.25) is 9.59 Å². The molecule has 0 saturated heterocycles. The second kappa shape index (κ2) is 8.15. The van der Waals surface area contributed by atoms with E-state index in [1.54, 1.807) is 0 Å². The molecule has 2 rings (SSSR count). The predicted octanol–water partition coefficient (Wildman–Crippen LogP) is 4.08. The molecule has 0 aliphatic heterocycles. The molecule has 0 bridgehead atoms. The van der Waals surface area contributed by atoms with Gasteiger partial charge in [0.1, 0.15) is 6.54 Å². The number of anilines is 1. The molecular weight excluding hydrogens is 371 g/mol. The van der Waals surface area contributed by atoms with Gasteiger partial charge in [-0.25, -0.2) is 8.78 Å². The lowest BCUT2D eigenvalue weighted by Gasteiger charge is -2.21. The molecule has 0 heterocycles. The van der Waals surface area contributed by atoms with E-state index in [4.69, 9.17) is 0 Å². The van der Waals surface area contributed by atoms with E-state index < -0.39 is 47.4 Å². The van der Waals surface area contributed by atoms with E-state index >= 15 is 0 Å². The second-order valence-electron chi connectivity index (χ2n) is 5.54. The molecule has 0 atom stereocenters. The standard InChI is InChI=1S/C18H15F5N2O2/c1-2-25(17(27)11-7-8-13(19)14(20)9-11)10-16(26)24-15-6-4-3-5-12(15)18(21,22)23/h3-9H,2,10H2,1H3,(H,24,26). The molecule has 0 spiro atoms. The van der Waals surface area contributed by atoms with E-state index in [-0.39, 0.29) is 12.1 Å². The highest BCUT2D eigenvalue weighted by Crippen LogP contribution is 2.34. The molecule has 0 radical (unpaired) electrons. The zero-order valence-corrected chi connectivity index (χ0v) is 14.1. The fraction of sp³-hybridized carbons (Fsp3) is 0.222. The highest BCUT2D eigenvalue weighted by Gasteiger charge is 2.33. The lowest BCUT2D eigenvalue weighted by atomic mass is 10.1. The molecule has 2 amide bonds. The van der Waals surface area contributed by atoms with Crippen LogP contribution >= 0.6 is 0 Å². The van der Waals surface area contributed by atoms with Crippen LogP contribution < -0.4 is 5.32 Å². The second-order valence-corrected chi connectivity index (χ2v) is 5.54. The fourth-order valence-electron chi connectivity index (χ4n) is 2.34. The van der Waals surface area contributed by atoms with Gasteiger partial charge in [-0.15, -0.1) is 0 Å². The Morgan fingerprint density at radius 1 is 1.04 bits per heavy atom. The van der Waals surface area contributed by atoms with Crippen LogP contribution in [-0.2, 0) is 11.0 Å². The van der Waals surface area contributed by atoms with E-state index in [1.165, 1.54) is 19.1 Å². The first kappa shape index (κ1) is 20.3. The zero-order valence-electron chi connectivity index (χ0n) is 14.1. The number of hydrogen-bond acceptors (Lipinski definition) is 2. The summed E-state index contributed by atoms with van der Waals surface area (Å²) in [6.07, 6.45) is -4.66. The Morgan fingerprint density at radius 2 is 1.70 bits per heavy atom. The number of nitrogens with zero attached hydrogens (tertiary/aromatic N) is 1. The molecule has 0 fully saturated rings. The molecular formula is C18H15F5N2O2. The number of nitrogens with one attached hydrogen (secondary N) is 1. The van der Waals surface area contributed by atoms with Crippen molar-refractivity contribution < 1.29 is 31.5 Å². The average Bonchev–Trinajstić information content (AvgIpc) is 2.61. The molecule has 0 unspecified atom stereocenters. The molecule has 9 heteroatoms. The fourth-order valence-corrected chi connectivity index (χ4v) is 2.34. The van der Waals surface area contributed by atoms with Crippen molar-refractivity contribution in [1.82, 2.24) is 4.90 Å². The van der Waals surface area contributed by atoms with Crippen LogP contribution in [-0.4, -0.2) is 29.8 Å². The molecule has 0 saturated carbocycles. The van der Waals surface area contributed by atoms with Crippen LogP contribution in [0.4, 0.5) is 27.6 Å². The van der Waals surface area contributed by atoms with Gasteiger partial charge in [-0.1, -0.05) is 12.1 Å². The van der Waals surface area contributed by atoms with Crippen molar-refractivity contribution in [2.75, 3.05) is 18.4 Å². The van der Waals surface area contributed by atoms with Crippen LogP contribution in [0.25, 0.3) is 0 Å². The third-order valence-corrected chi connectivity index (χ3v) is 3.68. The van der Waals surface area contributed by atoms with Gasteiger partial charge in [0.05, 0.1) is 11.3 Å². The average molecular weight is 386 g/mol. The van der Waals surface area contributed by atoms with Crippen LogP contribution in [0, 0.1) is 11.6 Å². The number of rotatable bonds is 5. The quantitative estimate of drug-likeness (QED) is 0.788. The summed E-state index contributed by atoms with van der Waals surface area (Å²) in [6, 6.07) is 6.94. The van der Waals surface area contributed by atoms with Crippen molar-refractivity contribution >= 4 is 17.5 Å². The maximum absolute atomic E-state index is 13.3. The van der Waals surface area contributed by atoms with Crippen molar-refractivity contribution in [3.63, 3.8) is 0 Å². The highest BCUT2D eigenvalue weighted by atomic mass is 19.4. The van der Waals surface area contributed by atoms with E-state index in [2.05, 4.69) is 5.32 Å². The van der Waals surface area contributed by atoms with Gasteiger partial charge in [0.2, 0.25) is 5.91 Å². The van der Waals surface area contributed by atoms with Crippen LogP contribution in [0.1, 0.15) is 22.8 Å². The first-order chi connectivity index (χ1) is 12.6. The summed E-state index contributed by atoms with van der Waals surface area (Å²) < 4.78 is 65.2. The monoisotopic (exact) mass is 386 g/mol.